The van der Waals surface area contributed by atoms with Gasteiger partial charge in [0, 0.05) is 23.4 Å². The Morgan fingerprint density at radius 1 is 1.14 bits per heavy atom. The number of amides is 1. The van der Waals surface area contributed by atoms with Gasteiger partial charge in [0.25, 0.3) is 11.3 Å². The predicted octanol–water partition coefficient (Wildman–Crippen LogP) is 3.15. The number of hydrogen-bond acceptors (Lipinski definition) is 4. The Labute approximate surface area is 163 Å². The Morgan fingerprint density at radius 3 is 2.57 bits per heavy atom. The van der Waals surface area contributed by atoms with Crippen LogP contribution in [0.2, 0.25) is 0 Å². The maximum atomic E-state index is 13.3. The minimum Gasteiger partial charge on any atom is -0.305 e. The average molecular weight is 379 g/mol. The number of carbonyl (C=O) groups excluding carboxylic acids is 1. The van der Waals surface area contributed by atoms with Gasteiger partial charge in [0.2, 0.25) is 5.91 Å². The van der Waals surface area contributed by atoms with E-state index in [-0.39, 0.29) is 23.9 Å². The molecule has 1 aliphatic rings. The monoisotopic (exact) mass is 379 g/mol. The summed E-state index contributed by atoms with van der Waals surface area (Å²) in [6.45, 7) is 4.07. The van der Waals surface area contributed by atoms with Crippen LogP contribution in [0.1, 0.15) is 49.2 Å². The van der Waals surface area contributed by atoms with Crippen LogP contribution in [0, 0.1) is 19.8 Å². The Bertz CT molecular complexity index is 1040. The predicted molar refractivity (Wildman–Crippen MR) is 107 cm³/mol. The van der Waals surface area contributed by atoms with E-state index < -0.39 is 0 Å². The summed E-state index contributed by atoms with van der Waals surface area (Å²) in [5.74, 6) is 1.04. The second-order valence-electron chi connectivity index (χ2n) is 7.64. The number of nitrogens with zero attached hydrogens (tertiary/aromatic N) is 4. The number of H-pyrrole nitrogens is 1. The number of aromatic nitrogens is 4. The van der Waals surface area contributed by atoms with Gasteiger partial charge >= 0.3 is 0 Å². The molecular formula is C21H25N5O2. The van der Waals surface area contributed by atoms with E-state index >= 15 is 0 Å². The molecule has 0 spiro atoms. The molecule has 0 unspecified atom stereocenters. The number of hydrogen-bond donors (Lipinski definition) is 1. The number of benzene rings is 1. The highest BCUT2D eigenvalue weighted by molar-refractivity contribution is 5.94. The summed E-state index contributed by atoms with van der Waals surface area (Å²) in [6, 6.07) is 9.40. The molecule has 0 saturated heterocycles. The lowest BCUT2D eigenvalue weighted by Gasteiger charge is -2.29. The van der Waals surface area contributed by atoms with Crippen molar-refractivity contribution in [3.05, 3.63) is 57.8 Å². The van der Waals surface area contributed by atoms with Crippen molar-refractivity contribution in [2.24, 2.45) is 5.92 Å². The Balaban J connectivity index is 1.68. The first-order valence-electron chi connectivity index (χ1n) is 9.84. The van der Waals surface area contributed by atoms with Gasteiger partial charge in [0.1, 0.15) is 5.82 Å². The zero-order valence-corrected chi connectivity index (χ0v) is 16.3. The van der Waals surface area contributed by atoms with Crippen molar-refractivity contribution < 1.29 is 4.79 Å². The lowest BCUT2D eigenvalue weighted by molar-refractivity contribution is -0.123. The van der Waals surface area contributed by atoms with Crippen LogP contribution in [-0.4, -0.2) is 25.5 Å². The topological polar surface area (TPSA) is 83.4 Å². The van der Waals surface area contributed by atoms with Gasteiger partial charge in [-0.25, -0.2) is 4.98 Å². The first-order valence-corrected chi connectivity index (χ1v) is 9.84. The van der Waals surface area contributed by atoms with E-state index in [9.17, 15) is 9.59 Å². The van der Waals surface area contributed by atoms with E-state index in [1.807, 2.05) is 31.2 Å². The summed E-state index contributed by atoms with van der Waals surface area (Å²) in [7, 11) is 0. The third-order valence-corrected chi connectivity index (χ3v) is 5.38. The van der Waals surface area contributed by atoms with Crippen molar-refractivity contribution in [2.75, 3.05) is 4.90 Å². The van der Waals surface area contributed by atoms with Crippen LogP contribution in [0.5, 0.6) is 0 Å². The molecule has 146 valence electrons. The molecule has 0 bridgehead atoms. The summed E-state index contributed by atoms with van der Waals surface area (Å²) < 4.78 is 1.32. The minimum atomic E-state index is -0.207. The van der Waals surface area contributed by atoms with Crippen molar-refractivity contribution in [3.8, 4) is 0 Å². The highest BCUT2D eigenvalue weighted by Crippen LogP contribution is 2.28. The maximum Gasteiger partial charge on any atom is 0.274 e. The van der Waals surface area contributed by atoms with Crippen LogP contribution in [-0.2, 0) is 11.3 Å². The van der Waals surface area contributed by atoms with Crippen molar-refractivity contribution in [3.63, 3.8) is 0 Å². The number of nitrogens with one attached hydrogen (secondary N) is 1. The molecule has 3 aromatic rings. The van der Waals surface area contributed by atoms with Crippen LogP contribution in [0.15, 0.2) is 35.1 Å². The number of fused-ring (bicyclic) bond motifs is 1. The van der Waals surface area contributed by atoms with Crippen LogP contribution in [0.25, 0.3) is 5.78 Å². The highest BCUT2D eigenvalue weighted by Gasteiger charge is 2.28. The number of rotatable bonds is 4. The molecule has 1 amide bonds. The van der Waals surface area contributed by atoms with Crippen molar-refractivity contribution in [2.45, 2.75) is 52.5 Å². The largest absolute Gasteiger partial charge is 0.305 e. The molecule has 1 fully saturated rings. The van der Waals surface area contributed by atoms with Gasteiger partial charge in [-0.1, -0.05) is 37.0 Å². The number of carbonyl (C=O) groups is 1. The summed E-state index contributed by atoms with van der Waals surface area (Å²) in [4.78, 5) is 36.0. The minimum absolute atomic E-state index is 0.0440. The first-order chi connectivity index (χ1) is 13.5. The fraction of sp³-hybridized carbons (Fsp3) is 0.429. The van der Waals surface area contributed by atoms with E-state index in [1.165, 1.54) is 17.0 Å². The average Bonchev–Trinajstić information content (AvgIpc) is 3.10. The molecule has 2 aromatic heterocycles. The van der Waals surface area contributed by atoms with Crippen LogP contribution in [0.4, 0.5) is 5.69 Å². The van der Waals surface area contributed by atoms with E-state index in [1.54, 1.807) is 11.8 Å². The molecule has 0 aliphatic heterocycles. The maximum absolute atomic E-state index is 13.3. The molecular weight excluding hydrogens is 354 g/mol. The molecule has 7 heteroatoms. The molecule has 2 heterocycles. The SMILES string of the molecule is Cc1ccc(N(Cc2nc3nc(C)cc(=O)n3[nH]2)C(=O)C2CCCCC2)cc1. The standard InChI is InChI=1S/C21H25N5O2/c1-14-8-10-17(11-9-14)25(20(28)16-6-4-3-5-7-16)13-18-23-21-22-15(2)12-19(27)26(21)24-18/h8-12,16H,3-7,13H2,1-2H3,(H,22,23,24). The fourth-order valence-corrected chi connectivity index (χ4v) is 3.85. The lowest BCUT2D eigenvalue weighted by atomic mass is 9.88. The van der Waals surface area contributed by atoms with Crippen molar-refractivity contribution in [1.29, 1.82) is 0 Å². The van der Waals surface area contributed by atoms with E-state index in [2.05, 4.69) is 15.1 Å². The quantitative estimate of drug-likeness (QED) is 0.755. The molecule has 1 N–H and O–H groups in total. The zero-order valence-electron chi connectivity index (χ0n) is 16.3. The number of anilines is 1. The van der Waals surface area contributed by atoms with Gasteiger partial charge in [-0.2, -0.15) is 9.50 Å². The Kier molecular flexibility index (Phi) is 4.98. The number of aryl methyl sites for hydroxylation is 2. The molecule has 0 radical (unpaired) electrons. The van der Waals surface area contributed by atoms with Gasteiger partial charge in [-0.05, 0) is 38.8 Å². The molecule has 28 heavy (non-hydrogen) atoms. The summed E-state index contributed by atoms with van der Waals surface area (Å²) in [5.41, 5.74) is 2.40. The van der Waals surface area contributed by atoms with E-state index in [4.69, 9.17) is 0 Å². The second-order valence-corrected chi connectivity index (χ2v) is 7.64. The third kappa shape index (κ3) is 3.69. The van der Waals surface area contributed by atoms with Gasteiger partial charge in [0.05, 0.1) is 6.54 Å². The lowest BCUT2D eigenvalue weighted by Crippen LogP contribution is -2.37. The smallest absolute Gasteiger partial charge is 0.274 e. The van der Waals surface area contributed by atoms with Gasteiger partial charge in [-0.15, -0.1) is 0 Å². The zero-order chi connectivity index (χ0) is 19.7. The molecule has 4 rings (SSSR count). The van der Waals surface area contributed by atoms with Crippen molar-refractivity contribution >= 4 is 17.4 Å². The fourth-order valence-electron chi connectivity index (χ4n) is 3.85. The van der Waals surface area contributed by atoms with Gasteiger partial charge in [0.15, 0.2) is 0 Å². The Morgan fingerprint density at radius 2 is 1.86 bits per heavy atom. The first kappa shape index (κ1) is 18.4. The highest BCUT2D eigenvalue weighted by atomic mass is 16.2. The second kappa shape index (κ2) is 7.58. The molecule has 1 aromatic carbocycles. The normalized spacial score (nSPS) is 15.1. The van der Waals surface area contributed by atoms with Gasteiger partial charge < -0.3 is 4.90 Å². The van der Waals surface area contributed by atoms with Crippen LogP contribution in [0.3, 0.4) is 0 Å². The van der Waals surface area contributed by atoms with E-state index in [0.29, 0.717) is 17.3 Å². The molecule has 7 nitrogen and oxygen atoms in total. The number of aromatic amines is 1. The Hall–Kier alpha value is -2.96. The van der Waals surface area contributed by atoms with E-state index in [0.717, 1.165) is 36.9 Å². The van der Waals surface area contributed by atoms with Gasteiger partial charge in [-0.3, -0.25) is 14.7 Å². The summed E-state index contributed by atoms with van der Waals surface area (Å²) in [5, 5.41) is 3.00. The van der Waals surface area contributed by atoms with Crippen LogP contribution < -0.4 is 10.5 Å². The third-order valence-electron chi connectivity index (χ3n) is 5.38. The molecule has 0 atom stereocenters. The van der Waals surface area contributed by atoms with Crippen LogP contribution >= 0.6 is 0 Å². The van der Waals surface area contributed by atoms with Crippen molar-refractivity contribution in [1.82, 2.24) is 19.6 Å². The summed E-state index contributed by atoms with van der Waals surface area (Å²) >= 11 is 0. The molecule has 1 saturated carbocycles. The molecule has 1 aliphatic carbocycles. The summed E-state index contributed by atoms with van der Waals surface area (Å²) in [6.07, 6.45) is 5.26.